The first-order chi connectivity index (χ1) is 18.0. The van der Waals surface area contributed by atoms with E-state index in [1.807, 2.05) is 6.92 Å². The molecule has 38 heavy (non-hydrogen) atoms. The molecule has 1 saturated carbocycles. The van der Waals surface area contributed by atoms with Gasteiger partial charge in [0.2, 0.25) is 16.0 Å². The van der Waals surface area contributed by atoms with Gasteiger partial charge < -0.3 is 0 Å². The lowest BCUT2D eigenvalue weighted by Crippen LogP contribution is -2.34. The normalized spacial score (nSPS) is 14.5. The van der Waals surface area contributed by atoms with Gasteiger partial charge in [0.05, 0.1) is 35.6 Å². The van der Waals surface area contributed by atoms with Gasteiger partial charge in [-0.2, -0.15) is 5.10 Å². The number of Topliss-reactive ketones (excluding diaryl/α,β-unsaturated/α-hetero) is 1. The number of carbonyl (C=O) groups excluding carboxylic acids is 1. The van der Waals surface area contributed by atoms with Crippen molar-refractivity contribution >= 4 is 32.7 Å². The van der Waals surface area contributed by atoms with Crippen LogP contribution < -0.4 is 15.8 Å². The molecule has 0 atom stereocenters. The van der Waals surface area contributed by atoms with Gasteiger partial charge in [0.1, 0.15) is 0 Å². The highest BCUT2D eigenvalue weighted by atomic mass is 32.2. The molecule has 5 rings (SSSR count). The van der Waals surface area contributed by atoms with E-state index in [1.54, 1.807) is 48.4 Å². The zero-order valence-corrected chi connectivity index (χ0v) is 22.3. The van der Waals surface area contributed by atoms with E-state index in [0.29, 0.717) is 22.2 Å². The molecule has 4 aromatic rings. The Morgan fingerprint density at radius 1 is 1.18 bits per heavy atom. The first kappa shape index (κ1) is 25.8. The van der Waals surface area contributed by atoms with Crippen LogP contribution in [0.4, 0.5) is 5.95 Å². The zero-order chi connectivity index (χ0) is 27.2. The van der Waals surface area contributed by atoms with Crippen molar-refractivity contribution in [3.05, 3.63) is 70.3 Å². The second-order valence-electron chi connectivity index (χ2n) is 9.82. The number of aryl methyl sites for hydroxylation is 1. The summed E-state index contributed by atoms with van der Waals surface area (Å²) < 4.78 is 32.5. The standard InChI is InChI=1S/C26H28N6O5S/c1-16(33)18-5-7-19(8-6-18)21-11-20(38(35,36)30-26(2)9-10-26)12-22-23(21)28-25(29-37-4)32(24(22)34)15-17-13-27-31(3)14-17/h5-8,11-14,30H,9-10,15H2,1-4H3,(H,28,29). The van der Waals surface area contributed by atoms with Crippen molar-refractivity contribution in [1.82, 2.24) is 24.1 Å². The maximum atomic E-state index is 13.9. The Balaban J connectivity index is 1.77. The Morgan fingerprint density at radius 3 is 2.47 bits per heavy atom. The van der Waals surface area contributed by atoms with Crippen molar-refractivity contribution in [3.63, 3.8) is 0 Å². The van der Waals surface area contributed by atoms with Crippen LogP contribution in [0, 0.1) is 0 Å². The highest BCUT2D eigenvalue weighted by Gasteiger charge is 2.41. The summed E-state index contributed by atoms with van der Waals surface area (Å²) in [5, 5.41) is 4.29. The molecule has 0 unspecified atom stereocenters. The van der Waals surface area contributed by atoms with Crippen molar-refractivity contribution in [2.24, 2.45) is 7.05 Å². The van der Waals surface area contributed by atoms with Gasteiger partial charge in [-0.3, -0.25) is 23.7 Å². The third kappa shape index (κ3) is 4.97. The fraction of sp³-hybridized carbons (Fsp3) is 0.308. The summed E-state index contributed by atoms with van der Waals surface area (Å²) in [5.41, 5.74) is 4.33. The molecule has 11 nitrogen and oxygen atoms in total. The third-order valence-corrected chi connectivity index (χ3v) is 8.24. The predicted molar refractivity (Wildman–Crippen MR) is 142 cm³/mol. The van der Waals surface area contributed by atoms with Gasteiger partial charge >= 0.3 is 0 Å². The van der Waals surface area contributed by atoms with Crippen LogP contribution in [0.1, 0.15) is 42.6 Å². The number of hydrogen-bond donors (Lipinski definition) is 2. The highest BCUT2D eigenvalue weighted by molar-refractivity contribution is 7.89. The Kier molecular flexibility index (Phi) is 6.41. The topological polar surface area (TPSA) is 137 Å². The fourth-order valence-electron chi connectivity index (χ4n) is 4.28. The quantitative estimate of drug-likeness (QED) is 0.246. The second kappa shape index (κ2) is 9.46. The minimum Gasteiger partial charge on any atom is -0.295 e. The fourth-order valence-corrected chi connectivity index (χ4v) is 5.80. The van der Waals surface area contributed by atoms with E-state index in [0.717, 1.165) is 18.4 Å². The summed E-state index contributed by atoms with van der Waals surface area (Å²) in [6, 6.07) is 9.61. The number of anilines is 1. The van der Waals surface area contributed by atoms with Gasteiger partial charge in [-0.1, -0.05) is 24.3 Å². The number of ketones is 1. The predicted octanol–water partition coefficient (Wildman–Crippen LogP) is 2.85. The van der Waals surface area contributed by atoms with E-state index in [9.17, 15) is 18.0 Å². The highest BCUT2D eigenvalue weighted by Crippen LogP contribution is 2.37. The molecule has 1 fully saturated rings. The zero-order valence-electron chi connectivity index (χ0n) is 21.5. The molecule has 0 saturated heterocycles. The molecule has 0 bridgehead atoms. The SMILES string of the molecule is CONc1nc2c(-c3ccc(C(C)=O)cc3)cc(S(=O)(=O)NC3(C)CC3)cc2c(=O)n1Cc1cnn(C)c1. The summed E-state index contributed by atoms with van der Waals surface area (Å²) in [7, 11) is -0.758. The van der Waals surface area contributed by atoms with Gasteiger partial charge in [0.25, 0.3) is 5.56 Å². The number of benzene rings is 2. The summed E-state index contributed by atoms with van der Waals surface area (Å²) >= 11 is 0. The number of sulfonamides is 1. The lowest BCUT2D eigenvalue weighted by Gasteiger charge is -2.17. The number of fused-ring (bicyclic) bond motifs is 1. The van der Waals surface area contributed by atoms with Crippen molar-refractivity contribution < 1.29 is 18.0 Å². The number of nitrogens with one attached hydrogen (secondary N) is 2. The van der Waals surface area contributed by atoms with Crippen molar-refractivity contribution in [3.8, 4) is 11.1 Å². The molecule has 1 aliphatic carbocycles. The summed E-state index contributed by atoms with van der Waals surface area (Å²) in [5.74, 6) is 0.0530. The Bertz CT molecular complexity index is 1720. The molecule has 2 aromatic carbocycles. The van der Waals surface area contributed by atoms with E-state index in [4.69, 9.17) is 9.82 Å². The van der Waals surface area contributed by atoms with Crippen LogP contribution in [0.3, 0.4) is 0 Å². The largest absolute Gasteiger partial charge is 0.295 e. The van der Waals surface area contributed by atoms with Crippen LogP contribution in [-0.4, -0.2) is 46.2 Å². The lowest BCUT2D eigenvalue weighted by molar-refractivity contribution is 0.101. The van der Waals surface area contributed by atoms with Crippen LogP contribution in [0.2, 0.25) is 0 Å². The molecule has 198 valence electrons. The number of aromatic nitrogens is 4. The third-order valence-electron chi connectivity index (χ3n) is 6.62. The number of hydrogen-bond acceptors (Lipinski definition) is 8. The Labute approximate surface area is 219 Å². The minimum atomic E-state index is -3.94. The maximum Gasteiger partial charge on any atom is 0.263 e. The van der Waals surface area contributed by atoms with E-state index < -0.39 is 21.1 Å². The minimum absolute atomic E-state index is 0.0388. The number of nitrogens with zero attached hydrogens (tertiary/aromatic N) is 4. The van der Waals surface area contributed by atoms with Crippen molar-refractivity contribution in [1.29, 1.82) is 0 Å². The van der Waals surface area contributed by atoms with E-state index in [1.165, 1.54) is 30.7 Å². The van der Waals surface area contributed by atoms with Gasteiger partial charge in [-0.05, 0) is 44.4 Å². The van der Waals surface area contributed by atoms with Gasteiger partial charge in [-0.15, -0.1) is 0 Å². The van der Waals surface area contributed by atoms with E-state index in [2.05, 4.69) is 15.3 Å². The molecule has 1 aliphatic rings. The Morgan fingerprint density at radius 2 is 1.89 bits per heavy atom. The van der Waals surface area contributed by atoms with Gasteiger partial charge in [-0.25, -0.2) is 23.6 Å². The van der Waals surface area contributed by atoms with Crippen molar-refractivity contribution in [2.75, 3.05) is 12.6 Å². The molecule has 0 aliphatic heterocycles. The maximum absolute atomic E-state index is 13.9. The Hall–Kier alpha value is -3.87. The molecular formula is C26H28N6O5S. The number of carbonyl (C=O) groups is 1. The van der Waals surface area contributed by atoms with Crippen LogP contribution in [0.5, 0.6) is 0 Å². The van der Waals surface area contributed by atoms with Gasteiger partial charge in [0.15, 0.2) is 5.78 Å². The average molecular weight is 537 g/mol. The van der Waals surface area contributed by atoms with Crippen LogP contribution in [0.15, 0.2) is 58.5 Å². The lowest BCUT2D eigenvalue weighted by atomic mass is 10.0. The molecular weight excluding hydrogens is 508 g/mol. The van der Waals surface area contributed by atoms with Crippen LogP contribution >= 0.6 is 0 Å². The summed E-state index contributed by atoms with van der Waals surface area (Å²) in [4.78, 5) is 35.4. The number of rotatable bonds is 9. The molecule has 2 N–H and O–H groups in total. The first-order valence-corrected chi connectivity index (χ1v) is 13.5. The van der Waals surface area contributed by atoms with E-state index in [-0.39, 0.29) is 28.6 Å². The smallest absolute Gasteiger partial charge is 0.263 e. The summed E-state index contributed by atoms with van der Waals surface area (Å²) in [6.07, 6.45) is 4.89. The van der Waals surface area contributed by atoms with Gasteiger partial charge in [0, 0.05) is 35.5 Å². The molecule has 0 radical (unpaired) electrons. The monoisotopic (exact) mass is 536 g/mol. The molecule has 2 aromatic heterocycles. The van der Waals surface area contributed by atoms with Crippen LogP contribution in [0.25, 0.3) is 22.0 Å². The van der Waals surface area contributed by atoms with Crippen LogP contribution in [-0.2, 0) is 28.5 Å². The molecule has 0 amide bonds. The molecule has 0 spiro atoms. The summed E-state index contributed by atoms with van der Waals surface area (Å²) in [6.45, 7) is 3.45. The molecule has 12 heteroatoms. The van der Waals surface area contributed by atoms with E-state index >= 15 is 0 Å². The first-order valence-electron chi connectivity index (χ1n) is 12.0. The average Bonchev–Trinajstić information content (AvgIpc) is 3.44. The van der Waals surface area contributed by atoms with Crippen molar-refractivity contribution in [2.45, 2.75) is 43.7 Å². The second-order valence-corrected chi connectivity index (χ2v) is 11.5. The molecule has 2 heterocycles.